The zero-order valence-electron chi connectivity index (χ0n) is 17.0. The molecule has 13 nitrogen and oxygen atoms in total. The van der Waals surface area contributed by atoms with E-state index in [9.17, 15) is 17.6 Å². The van der Waals surface area contributed by atoms with E-state index < -0.39 is 27.4 Å². The minimum absolute atomic E-state index is 0.0216. The second-order valence-corrected chi connectivity index (χ2v) is 9.61. The predicted octanol–water partition coefficient (Wildman–Crippen LogP) is 1.34. The van der Waals surface area contributed by atoms with E-state index in [-0.39, 0.29) is 40.6 Å². The maximum Gasteiger partial charge on any atom is 0.446 e. The van der Waals surface area contributed by atoms with E-state index in [1.807, 2.05) is 4.89 Å². The molecule has 3 rings (SSSR count). The fraction of sp³-hybridized carbons (Fsp3) is 0.375. The van der Waals surface area contributed by atoms with Crippen molar-refractivity contribution in [3.63, 3.8) is 0 Å². The van der Waals surface area contributed by atoms with E-state index in [1.54, 1.807) is 20.8 Å². The van der Waals surface area contributed by atoms with Gasteiger partial charge in [0.1, 0.15) is 5.82 Å². The molecule has 1 aromatic carbocycles. The number of nitrogens with one attached hydrogen (secondary N) is 3. The van der Waals surface area contributed by atoms with Crippen molar-refractivity contribution in [2.75, 3.05) is 18.4 Å². The van der Waals surface area contributed by atoms with Gasteiger partial charge in [-0.05, 0) is 65.2 Å². The Morgan fingerprint density at radius 1 is 1.22 bits per heavy atom. The van der Waals surface area contributed by atoms with Gasteiger partial charge in [0.25, 0.3) is 10.2 Å². The van der Waals surface area contributed by atoms with Crippen LogP contribution in [0.5, 0.6) is 0 Å². The zero-order valence-corrected chi connectivity index (χ0v) is 19.5. The molecule has 3 N–H and O–H groups in total. The first-order chi connectivity index (χ1) is 15.0. The average molecular weight is 536 g/mol. The Labute approximate surface area is 189 Å². The monoisotopic (exact) mass is 535 g/mol. The third-order valence-corrected chi connectivity index (χ3v) is 5.13. The van der Waals surface area contributed by atoms with Crippen molar-refractivity contribution < 1.29 is 26.8 Å². The molecule has 0 unspecified atom stereocenters. The van der Waals surface area contributed by atoms with Crippen LogP contribution in [0.15, 0.2) is 36.6 Å². The van der Waals surface area contributed by atoms with Gasteiger partial charge < -0.3 is 5.32 Å². The molecule has 2 heterocycles. The quantitative estimate of drug-likeness (QED) is 0.268. The SMILES string of the molecule is CC(C)(C)ONS(=O)(=O)NCCNc1nonc1-c1noc(=O)n1-c1ccc(F)c(Br)c1. The molecule has 16 heteroatoms. The number of hydrogen-bond donors (Lipinski definition) is 3. The molecule has 174 valence electrons. The van der Waals surface area contributed by atoms with Gasteiger partial charge in [0.15, 0.2) is 5.69 Å². The number of anilines is 1. The summed E-state index contributed by atoms with van der Waals surface area (Å²) in [5.74, 6) is -1.34. The molecule has 0 aliphatic rings. The highest BCUT2D eigenvalue weighted by molar-refractivity contribution is 9.10. The van der Waals surface area contributed by atoms with Crippen LogP contribution in [-0.2, 0) is 15.0 Å². The molecule has 0 atom stereocenters. The highest BCUT2D eigenvalue weighted by Gasteiger charge is 2.23. The summed E-state index contributed by atoms with van der Waals surface area (Å²) in [4.78, 5) is 19.1. The smallest absolute Gasteiger partial charge is 0.364 e. The minimum atomic E-state index is -3.89. The lowest BCUT2D eigenvalue weighted by Crippen LogP contribution is -2.42. The van der Waals surface area contributed by atoms with Gasteiger partial charge in [-0.3, -0.25) is 9.36 Å². The maximum atomic E-state index is 13.6. The molecule has 0 saturated heterocycles. The van der Waals surface area contributed by atoms with Crippen molar-refractivity contribution in [1.82, 2.24) is 29.6 Å². The number of aromatic nitrogens is 4. The van der Waals surface area contributed by atoms with E-state index in [0.29, 0.717) is 0 Å². The highest BCUT2D eigenvalue weighted by Crippen LogP contribution is 2.26. The van der Waals surface area contributed by atoms with Gasteiger partial charge in [-0.25, -0.2) is 18.4 Å². The molecule has 0 fully saturated rings. The van der Waals surface area contributed by atoms with Crippen LogP contribution >= 0.6 is 15.9 Å². The number of benzene rings is 1. The Bertz CT molecular complexity index is 1250. The van der Waals surface area contributed by atoms with Crippen LogP contribution in [0.2, 0.25) is 0 Å². The Kier molecular flexibility index (Phi) is 7.09. The molecule has 32 heavy (non-hydrogen) atoms. The highest BCUT2D eigenvalue weighted by atomic mass is 79.9. The Morgan fingerprint density at radius 3 is 2.66 bits per heavy atom. The summed E-state index contributed by atoms with van der Waals surface area (Å²) < 4.78 is 50.2. The molecule has 2 aromatic heterocycles. The van der Waals surface area contributed by atoms with E-state index in [2.05, 4.69) is 41.4 Å². The summed E-state index contributed by atoms with van der Waals surface area (Å²) in [6, 6.07) is 3.87. The average Bonchev–Trinajstić information content (AvgIpc) is 3.32. The van der Waals surface area contributed by atoms with E-state index in [0.717, 1.165) is 10.6 Å². The maximum absolute atomic E-state index is 13.6. The number of halogens is 2. The van der Waals surface area contributed by atoms with Crippen molar-refractivity contribution in [1.29, 1.82) is 0 Å². The molecule has 0 saturated carbocycles. The van der Waals surface area contributed by atoms with Crippen LogP contribution in [0.3, 0.4) is 0 Å². The molecule has 0 aliphatic carbocycles. The lowest BCUT2D eigenvalue weighted by Gasteiger charge is -2.19. The first-order valence-corrected chi connectivity index (χ1v) is 11.3. The molecular weight excluding hydrogens is 517 g/mol. The van der Waals surface area contributed by atoms with Crippen molar-refractivity contribution >= 4 is 32.0 Å². The zero-order chi connectivity index (χ0) is 23.5. The van der Waals surface area contributed by atoms with Crippen LogP contribution in [0.25, 0.3) is 17.2 Å². The molecule has 0 aliphatic heterocycles. The Morgan fingerprint density at radius 2 is 1.97 bits per heavy atom. The summed E-state index contributed by atoms with van der Waals surface area (Å²) in [5.41, 5.74) is -0.429. The van der Waals surface area contributed by atoms with Crippen molar-refractivity contribution in [3.8, 4) is 17.2 Å². The van der Waals surface area contributed by atoms with E-state index in [4.69, 9.17) is 14.0 Å². The van der Waals surface area contributed by atoms with Crippen molar-refractivity contribution in [2.45, 2.75) is 26.4 Å². The molecule has 0 amide bonds. The van der Waals surface area contributed by atoms with Gasteiger partial charge in [-0.2, -0.15) is 13.1 Å². The summed E-state index contributed by atoms with van der Waals surface area (Å²) in [7, 11) is -3.89. The summed E-state index contributed by atoms with van der Waals surface area (Å²) in [5, 5.41) is 13.9. The molecule has 0 bridgehead atoms. The number of rotatable bonds is 9. The third-order valence-electron chi connectivity index (χ3n) is 3.63. The van der Waals surface area contributed by atoms with Crippen LogP contribution in [0, 0.1) is 5.82 Å². The largest absolute Gasteiger partial charge is 0.446 e. The van der Waals surface area contributed by atoms with Gasteiger partial charge in [0, 0.05) is 13.1 Å². The standard InChI is InChI=1S/C16H19BrFN7O6S/c1-16(2,3)30-24-32(27,28)20-7-6-19-13-12(21-31-22-13)14-23-29-15(26)25(14)9-4-5-11(18)10(17)8-9/h4-5,8,20,24H,6-7H2,1-3H3,(H,19,22). The lowest BCUT2D eigenvalue weighted by molar-refractivity contribution is -0.0362. The lowest BCUT2D eigenvalue weighted by atomic mass is 10.2. The van der Waals surface area contributed by atoms with Crippen LogP contribution in [0.4, 0.5) is 10.2 Å². The number of nitrogens with zero attached hydrogens (tertiary/aromatic N) is 4. The fourth-order valence-corrected chi connectivity index (χ4v) is 3.43. The number of hydrogen-bond acceptors (Lipinski definition) is 10. The van der Waals surface area contributed by atoms with Crippen LogP contribution < -0.4 is 20.7 Å². The summed E-state index contributed by atoms with van der Waals surface area (Å²) in [6.45, 7) is 5.08. The summed E-state index contributed by atoms with van der Waals surface area (Å²) in [6.07, 6.45) is 0. The molecular formula is C16H19BrFN7O6S. The predicted molar refractivity (Wildman–Crippen MR) is 112 cm³/mol. The van der Waals surface area contributed by atoms with Gasteiger partial charge in [-0.1, -0.05) is 10.0 Å². The van der Waals surface area contributed by atoms with Gasteiger partial charge in [0.2, 0.25) is 11.6 Å². The first-order valence-electron chi connectivity index (χ1n) is 9.02. The van der Waals surface area contributed by atoms with Crippen LogP contribution in [-0.4, -0.2) is 47.1 Å². The Hall–Kier alpha value is -2.66. The molecule has 3 aromatic rings. The van der Waals surface area contributed by atoms with E-state index in [1.165, 1.54) is 12.1 Å². The first kappa shape index (κ1) is 24.0. The van der Waals surface area contributed by atoms with Crippen molar-refractivity contribution in [3.05, 3.63) is 39.0 Å². The molecule has 0 spiro atoms. The normalized spacial score (nSPS) is 12.3. The van der Waals surface area contributed by atoms with Gasteiger partial charge >= 0.3 is 5.76 Å². The summed E-state index contributed by atoms with van der Waals surface area (Å²) >= 11 is 3.05. The van der Waals surface area contributed by atoms with E-state index >= 15 is 0 Å². The molecule has 0 radical (unpaired) electrons. The van der Waals surface area contributed by atoms with Crippen molar-refractivity contribution in [2.24, 2.45) is 0 Å². The van der Waals surface area contributed by atoms with Gasteiger partial charge in [-0.15, -0.1) is 0 Å². The fourth-order valence-electron chi connectivity index (χ4n) is 2.28. The third kappa shape index (κ3) is 5.98. The van der Waals surface area contributed by atoms with Crippen LogP contribution in [0.1, 0.15) is 20.8 Å². The van der Waals surface area contributed by atoms with Gasteiger partial charge in [0.05, 0.1) is 15.8 Å². The second-order valence-electron chi connectivity index (χ2n) is 7.29. The Balaban J connectivity index is 1.71. The second kappa shape index (κ2) is 9.45. The minimum Gasteiger partial charge on any atom is -0.364 e. The topological polar surface area (TPSA) is 166 Å².